The Bertz CT molecular complexity index is 475. The minimum absolute atomic E-state index is 0.0992. The van der Waals surface area contributed by atoms with Crippen LogP contribution in [-0.4, -0.2) is 48.0 Å². The number of carbonyl (C=O) groups is 1. The fourth-order valence-corrected chi connectivity index (χ4v) is 1.73. The van der Waals surface area contributed by atoms with E-state index < -0.39 is 17.3 Å². The van der Waals surface area contributed by atoms with E-state index in [1.165, 1.54) is 24.1 Å². The molecule has 0 fully saturated rings. The average molecular weight is 284 g/mol. The van der Waals surface area contributed by atoms with Crippen LogP contribution in [0.2, 0.25) is 0 Å². The Morgan fingerprint density at radius 3 is 2.50 bits per heavy atom. The molecule has 0 saturated carbocycles. The highest BCUT2D eigenvalue weighted by molar-refractivity contribution is 5.89. The summed E-state index contributed by atoms with van der Waals surface area (Å²) >= 11 is 0. The molecule has 1 aromatic rings. The van der Waals surface area contributed by atoms with Gasteiger partial charge < -0.3 is 20.4 Å². The Balaban J connectivity index is 2.71. The predicted octanol–water partition coefficient (Wildman–Crippen LogP) is 1.59. The molecule has 0 spiro atoms. The standard InChI is InChI=1S/C14H21FN2O3/c1-10-4-5-12(11(15)6-10)16-13(20)17(3)7-14(2,8-18)9-19/h4-6,18-19H,7-9H2,1-3H3,(H,16,20). The van der Waals surface area contributed by atoms with Gasteiger partial charge in [-0.1, -0.05) is 13.0 Å². The number of anilines is 1. The molecule has 0 aliphatic heterocycles. The van der Waals surface area contributed by atoms with E-state index in [1.807, 2.05) is 0 Å². The molecule has 0 aromatic heterocycles. The van der Waals surface area contributed by atoms with Crippen LogP contribution in [0.5, 0.6) is 0 Å². The molecule has 0 aliphatic rings. The van der Waals surface area contributed by atoms with Gasteiger partial charge in [0.2, 0.25) is 0 Å². The Morgan fingerprint density at radius 1 is 1.40 bits per heavy atom. The quantitative estimate of drug-likeness (QED) is 0.769. The zero-order valence-corrected chi connectivity index (χ0v) is 12.0. The molecule has 0 radical (unpaired) electrons. The summed E-state index contributed by atoms with van der Waals surface area (Å²) in [7, 11) is 1.52. The molecule has 20 heavy (non-hydrogen) atoms. The van der Waals surface area contributed by atoms with Crippen LogP contribution in [0.15, 0.2) is 18.2 Å². The lowest BCUT2D eigenvalue weighted by atomic mass is 9.92. The molecule has 0 unspecified atom stereocenters. The molecule has 5 nitrogen and oxygen atoms in total. The number of benzene rings is 1. The summed E-state index contributed by atoms with van der Waals surface area (Å²) in [6, 6.07) is 4.03. The van der Waals surface area contributed by atoms with Crippen LogP contribution in [0.25, 0.3) is 0 Å². The minimum atomic E-state index is -0.794. The maximum absolute atomic E-state index is 13.6. The van der Waals surface area contributed by atoms with Crippen molar-refractivity contribution in [2.45, 2.75) is 13.8 Å². The topological polar surface area (TPSA) is 72.8 Å². The molecule has 0 bridgehead atoms. The maximum Gasteiger partial charge on any atom is 0.321 e. The second kappa shape index (κ2) is 6.67. The number of halogens is 1. The molecule has 1 rings (SSSR count). The van der Waals surface area contributed by atoms with Gasteiger partial charge in [-0.05, 0) is 24.6 Å². The molecule has 0 saturated heterocycles. The molecule has 3 N–H and O–H groups in total. The van der Waals surface area contributed by atoms with Crippen molar-refractivity contribution in [2.24, 2.45) is 5.41 Å². The number of aryl methyl sites for hydroxylation is 1. The van der Waals surface area contributed by atoms with Crippen LogP contribution in [-0.2, 0) is 0 Å². The molecular weight excluding hydrogens is 263 g/mol. The molecular formula is C14H21FN2O3. The first-order valence-electron chi connectivity index (χ1n) is 6.31. The summed E-state index contributed by atoms with van der Waals surface area (Å²) in [5.41, 5.74) is 0.0712. The monoisotopic (exact) mass is 284 g/mol. The first-order valence-corrected chi connectivity index (χ1v) is 6.31. The second-order valence-electron chi connectivity index (χ2n) is 5.40. The number of nitrogens with one attached hydrogen (secondary N) is 1. The summed E-state index contributed by atoms with van der Waals surface area (Å²) in [5.74, 6) is -0.501. The van der Waals surface area contributed by atoms with Gasteiger partial charge in [-0.15, -0.1) is 0 Å². The number of nitrogens with zero attached hydrogens (tertiary/aromatic N) is 1. The third kappa shape index (κ3) is 4.18. The van der Waals surface area contributed by atoms with Crippen LogP contribution in [0.1, 0.15) is 12.5 Å². The van der Waals surface area contributed by atoms with E-state index >= 15 is 0 Å². The van der Waals surface area contributed by atoms with Crippen molar-refractivity contribution in [3.63, 3.8) is 0 Å². The van der Waals surface area contributed by atoms with Gasteiger partial charge >= 0.3 is 6.03 Å². The molecule has 0 heterocycles. The second-order valence-corrected chi connectivity index (χ2v) is 5.40. The van der Waals surface area contributed by atoms with Gasteiger partial charge in [-0.2, -0.15) is 0 Å². The van der Waals surface area contributed by atoms with Crippen molar-refractivity contribution in [1.82, 2.24) is 4.90 Å². The van der Waals surface area contributed by atoms with Crippen molar-refractivity contribution in [2.75, 3.05) is 32.1 Å². The Morgan fingerprint density at radius 2 is 2.00 bits per heavy atom. The van der Waals surface area contributed by atoms with E-state index in [2.05, 4.69) is 5.32 Å². The van der Waals surface area contributed by atoms with Crippen molar-refractivity contribution in [1.29, 1.82) is 0 Å². The maximum atomic E-state index is 13.6. The van der Waals surface area contributed by atoms with Crippen LogP contribution in [0, 0.1) is 18.2 Å². The number of hydrogen-bond donors (Lipinski definition) is 3. The van der Waals surface area contributed by atoms with Crippen LogP contribution < -0.4 is 5.32 Å². The number of urea groups is 1. The average Bonchev–Trinajstić information content (AvgIpc) is 2.41. The first-order chi connectivity index (χ1) is 9.31. The minimum Gasteiger partial charge on any atom is -0.396 e. The Labute approximate surface area is 118 Å². The van der Waals surface area contributed by atoms with Gasteiger partial charge in [0.15, 0.2) is 0 Å². The summed E-state index contributed by atoms with van der Waals surface area (Å²) < 4.78 is 13.6. The van der Waals surface area contributed by atoms with Gasteiger partial charge in [0, 0.05) is 19.0 Å². The fourth-order valence-electron chi connectivity index (χ4n) is 1.73. The summed E-state index contributed by atoms with van der Waals surface area (Å²) in [6.45, 7) is 3.07. The highest BCUT2D eigenvalue weighted by Gasteiger charge is 2.26. The molecule has 1 aromatic carbocycles. The zero-order valence-electron chi connectivity index (χ0n) is 12.0. The van der Waals surface area contributed by atoms with Crippen LogP contribution >= 0.6 is 0 Å². The van der Waals surface area contributed by atoms with E-state index in [0.717, 1.165) is 5.56 Å². The number of hydrogen-bond acceptors (Lipinski definition) is 3. The summed E-state index contributed by atoms with van der Waals surface area (Å²) in [4.78, 5) is 13.2. The predicted molar refractivity (Wildman–Crippen MR) is 75.1 cm³/mol. The van der Waals surface area contributed by atoms with Gasteiger partial charge in [-0.3, -0.25) is 0 Å². The molecule has 6 heteroatoms. The molecule has 112 valence electrons. The number of amides is 2. The highest BCUT2D eigenvalue weighted by atomic mass is 19.1. The van der Waals surface area contributed by atoms with E-state index in [0.29, 0.717) is 0 Å². The third-order valence-electron chi connectivity index (χ3n) is 3.10. The largest absolute Gasteiger partial charge is 0.396 e. The van der Waals surface area contributed by atoms with Crippen LogP contribution in [0.3, 0.4) is 0 Å². The SMILES string of the molecule is Cc1ccc(NC(=O)N(C)CC(C)(CO)CO)c(F)c1. The lowest BCUT2D eigenvalue weighted by Gasteiger charge is -2.30. The van der Waals surface area contributed by atoms with E-state index in [4.69, 9.17) is 0 Å². The normalized spacial score (nSPS) is 11.3. The number of aliphatic hydroxyl groups excluding tert-OH is 2. The lowest BCUT2D eigenvalue weighted by molar-refractivity contribution is 0.0509. The van der Waals surface area contributed by atoms with Crippen molar-refractivity contribution in [3.8, 4) is 0 Å². The van der Waals surface area contributed by atoms with Gasteiger partial charge in [0.05, 0.1) is 18.9 Å². The van der Waals surface area contributed by atoms with Gasteiger partial charge in [0.1, 0.15) is 5.82 Å². The van der Waals surface area contributed by atoms with Crippen LogP contribution in [0.4, 0.5) is 14.9 Å². The first kappa shape index (κ1) is 16.4. The third-order valence-corrected chi connectivity index (χ3v) is 3.10. The molecule has 0 atom stereocenters. The van der Waals surface area contributed by atoms with E-state index in [-0.39, 0.29) is 25.4 Å². The fraction of sp³-hybridized carbons (Fsp3) is 0.500. The van der Waals surface area contributed by atoms with Gasteiger partial charge in [-0.25, -0.2) is 9.18 Å². The lowest BCUT2D eigenvalue weighted by Crippen LogP contribution is -2.43. The highest BCUT2D eigenvalue weighted by Crippen LogP contribution is 2.18. The molecule has 0 aliphatic carbocycles. The van der Waals surface area contributed by atoms with E-state index in [1.54, 1.807) is 19.9 Å². The number of rotatable bonds is 5. The zero-order chi connectivity index (χ0) is 15.3. The van der Waals surface area contributed by atoms with E-state index in [9.17, 15) is 19.4 Å². The number of aliphatic hydroxyl groups is 2. The van der Waals surface area contributed by atoms with Crippen molar-refractivity contribution >= 4 is 11.7 Å². The summed E-state index contributed by atoms with van der Waals surface area (Å²) in [5, 5.41) is 20.9. The Hall–Kier alpha value is -1.66. The smallest absolute Gasteiger partial charge is 0.321 e. The molecule has 2 amide bonds. The van der Waals surface area contributed by atoms with Crippen molar-refractivity contribution < 1.29 is 19.4 Å². The van der Waals surface area contributed by atoms with Crippen molar-refractivity contribution in [3.05, 3.63) is 29.6 Å². The number of carbonyl (C=O) groups excluding carboxylic acids is 1. The van der Waals surface area contributed by atoms with Gasteiger partial charge in [0.25, 0.3) is 0 Å². The summed E-state index contributed by atoms with van der Waals surface area (Å²) in [6.07, 6.45) is 0. The Kier molecular flexibility index (Phi) is 5.47.